The predicted octanol–water partition coefficient (Wildman–Crippen LogP) is 4.05. The maximum atomic E-state index is 13.2. The van der Waals surface area contributed by atoms with Crippen molar-refractivity contribution in [1.82, 2.24) is 9.88 Å². The number of aryl methyl sites for hydroxylation is 2. The first-order valence-electron chi connectivity index (χ1n) is 9.61. The zero-order valence-electron chi connectivity index (χ0n) is 16.3. The van der Waals surface area contributed by atoms with Gasteiger partial charge in [0.1, 0.15) is 5.57 Å². The van der Waals surface area contributed by atoms with Crippen LogP contribution in [-0.2, 0) is 22.6 Å². The summed E-state index contributed by atoms with van der Waals surface area (Å²) in [6.07, 6.45) is 4.52. The van der Waals surface area contributed by atoms with Crippen molar-refractivity contribution in [2.24, 2.45) is 0 Å². The summed E-state index contributed by atoms with van der Waals surface area (Å²) < 4.78 is 2.10. The number of nitrogens with zero attached hydrogens (tertiary/aromatic N) is 2. The van der Waals surface area contributed by atoms with E-state index in [2.05, 4.69) is 23.7 Å². The van der Waals surface area contributed by atoms with Crippen LogP contribution in [-0.4, -0.2) is 21.5 Å². The number of para-hydroxylation sites is 1. The molecule has 3 aromatic rings. The van der Waals surface area contributed by atoms with Gasteiger partial charge < -0.3 is 4.57 Å². The van der Waals surface area contributed by atoms with Gasteiger partial charge in [-0.1, -0.05) is 37.3 Å². The Morgan fingerprint density at radius 3 is 2.45 bits per heavy atom. The van der Waals surface area contributed by atoms with Crippen LogP contribution in [0.1, 0.15) is 25.0 Å². The highest BCUT2D eigenvalue weighted by Gasteiger charge is 2.34. The number of rotatable bonds is 4. The van der Waals surface area contributed by atoms with E-state index in [9.17, 15) is 9.59 Å². The fourth-order valence-electron chi connectivity index (χ4n) is 3.58. The minimum Gasteiger partial charge on any atom is -0.347 e. The second kappa shape index (κ2) is 7.64. The van der Waals surface area contributed by atoms with E-state index in [1.54, 1.807) is 6.08 Å². The lowest BCUT2D eigenvalue weighted by Gasteiger charge is -2.29. The van der Waals surface area contributed by atoms with Crippen molar-refractivity contribution in [2.75, 3.05) is 4.90 Å². The van der Waals surface area contributed by atoms with Gasteiger partial charge in [-0.15, -0.1) is 0 Å². The third kappa shape index (κ3) is 3.36. The zero-order chi connectivity index (χ0) is 20.5. The molecule has 5 nitrogen and oxygen atoms in total. The van der Waals surface area contributed by atoms with Crippen LogP contribution >= 0.6 is 12.2 Å². The summed E-state index contributed by atoms with van der Waals surface area (Å²) in [5.41, 5.74) is 3.76. The summed E-state index contributed by atoms with van der Waals surface area (Å²) in [5, 5.41) is 3.74. The molecule has 0 spiro atoms. The van der Waals surface area contributed by atoms with Gasteiger partial charge in [-0.2, -0.15) is 0 Å². The van der Waals surface area contributed by atoms with Crippen molar-refractivity contribution in [2.45, 2.75) is 26.8 Å². The van der Waals surface area contributed by atoms with Crippen LogP contribution in [0.4, 0.5) is 5.69 Å². The lowest BCUT2D eigenvalue weighted by Crippen LogP contribution is -2.54. The van der Waals surface area contributed by atoms with Gasteiger partial charge in [-0.3, -0.25) is 19.8 Å². The number of hydrogen-bond acceptors (Lipinski definition) is 3. The monoisotopic (exact) mass is 403 g/mol. The molecular formula is C23H21N3O2S. The molecule has 2 aromatic carbocycles. The van der Waals surface area contributed by atoms with Gasteiger partial charge in [-0.25, -0.2) is 0 Å². The topological polar surface area (TPSA) is 54.3 Å². The summed E-state index contributed by atoms with van der Waals surface area (Å²) in [6, 6.07) is 15.6. The Kier molecular flexibility index (Phi) is 5.03. The molecule has 146 valence electrons. The number of carbonyl (C=O) groups excluding carboxylic acids is 2. The number of carbonyl (C=O) groups is 2. The number of aromatic nitrogens is 1. The standard InChI is InChI=1S/C23H21N3O2S/c1-3-15-9-11-17(12-10-15)26-22(28)19(21(27)24-23(26)29)13-16-14-25(4-2)20-8-6-5-7-18(16)20/h5-14H,3-4H2,1-2H3,(H,24,27,29). The molecule has 1 aliphatic rings. The summed E-state index contributed by atoms with van der Waals surface area (Å²) >= 11 is 5.28. The molecular weight excluding hydrogens is 382 g/mol. The number of nitrogens with one attached hydrogen (secondary N) is 1. The molecule has 2 heterocycles. The lowest BCUT2D eigenvalue weighted by molar-refractivity contribution is -0.122. The summed E-state index contributed by atoms with van der Waals surface area (Å²) in [6.45, 7) is 4.92. The van der Waals surface area contributed by atoms with Gasteiger partial charge in [0.25, 0.3) is 11.8 Å². The molecule has 0 saturated carbocycles. The van der Waals surface area contributed by atoms with Crippen LogP contribution in [0.5, 0.6) is 0 Å². The molecule has 0 unspecified atom stereocenters. The minimum absolute atomic E-state index is 0.0668. The maximum absolute atomic E-state index is 13.2. The van der Waals surface area contributed by atoms with Crippen LogP contribution < -0.4 is 10.2 Å². The van der Waals surface area contributed by atoms with E-state index >= 15 is 0 Å². The Hall–Kier alpha value is -3.25. The van der Waals surface area contributed by atoms with E-state index < -0.39 is 11.8 Å². The minimum atomic E-state index is -0.477. The number of hydrogen-bond donors (Lipinski definition) is 1. The Bertz CT molecular complexity index is 1160. The number of anilines is 1. The smallest absolute Gasteiger partial charge is 0.270 e. The number of benzene rings is 2. The zero-order valence-corrected chi connectivity index (χ0v) is 17.1. The fourth-order valence-corrected chi connectivity index (χ4v) is 3.86. The van der Waals surface area contributed by atoms with Crippen LogP contribution in [0.2, 0.25) is 0 Å². The Labute approximate surface area is 174 Å². The molecule has 0 radical (unpaired) electrons. The first kappa shape index (κ1) is 19.1. The van der Waals surface area contributed by atoms with E-state index in [4.69, 9.17) is 12.2 Å². The highest BCUT2D eigenvalue weighted by atomic mass is 32.1. The van der Waals surface area contributed by atoms with Crippen molar-refractivity contribution in [3.63, 3.8) is 0 Å². The highest BCUT2D eigenvalue weighted by Crippen LogP contribution is 2.26. The molecule has 29 heavy (non-hydrogen) atoms. The molecule has 1 aliphatic heterocycles. The number of amides is 2. The van der Waals surface area contributed by atoms with Crippen molar-refractivity contribution >= 4 is 51.8 Å². The summed E-state index contributed by atoms with van der Waals surface area (Å²) in [7, 11) is 0. The SMILES string of the molecule is CCc1ccc(N2C(=O)C(=Cc3cn(CC)c4ccccc34)C(=O)NC2=S)cc1. The van der Waals surface area contributed by atoms with Gasteiger partial charge in [0.15, 0.2) is 5.11 Å². The average molecular weight is 404 g/mol. The number of thiocarbonyl (C=S) groups is 1. The molecule has 0 bridgehead atoms. The van der Waals surface area contributed by atoms with E-state index in [-0.39, 0.29) is 10.7 Å². The largest absolute Gasteiger partial charge is 0.347 e. The first-order valence-corrected chi connectivity index (χ1v) is 10.0. The molecule has 6 heteroatoms. The molecule has 1 saturated heterocycles. The van der Waals surface area contributed by atoms with Gasteiger partial charge in [0, 0.05) is 29.2 Å². The van der Waals surface area contributed by atoms with Crippen LogP contribution in [0.15, 0.2) is 60.3 Å². The Morgan fingerprint density at radius 2 is 1.76 bits per heavy atom. The van der Waals surface area contributed by atoms with Crippen molar-refractivity contribution < 1.29 is 9.59 Å². The van der Waals surface area contributed by atoms with E-state index in [1.807, 2.05) is 54.7 Å². The lowest BCUT2D eigenvalue weighted by atomic mass is 10.1. The molecule has 0 atom stereocenters. The van der Waals surface area contributed by atoms with Crippen LogP contribution in [0.3, 0.4) is 0 Å². The third-order valence-corrected chi connectivity index (χ3v) is 5.45. The van der Waals surface area contributed by atoms with Crippen molar-refractivity contribution in [3.05, 3.63) is 71.4 Å². The van der Waals surface area contributed by atoms with E-state index in [1.165, 1.54) is 4.90 Å². The summed E-state index contributed by atoms with van der Waals surface area (Å²) in [4.78, 5) is 27.2. The molecule has 1 aromatic heterocycles. The van der Waals surface area contributed by atoms with Crippen molar-refractivity contribution in [3.8, 4) is 0 Å². The van der Waals surface area contributed by atoms with Crippen molar-refractivity contribution in [1.29, 1.82) is 0 Å². The molecule has 1 fully saturated rings. The average Bonchev–Trinajstić information content (AvgIpc) is 3.09. The Balaban J connectivity index is 1.78. The summed E-state index contributed by atoms with van der Waals surface area (Å²) in [5.74, 6) is -0.897. The quantitative estimate of drug-likeness (QED) is 0.406. The maximum Gasteiger partial charge on any atom is 0.270 e. The van der Waals surface area contributed by atoms with Crippen LogP contribution in [0, 0.1) is 0 Å². The molecule has 4 rings (SSSR count). The second-order valence-corrected chi connectivity index (χ2v) is 7.25. The van der Waals surface area contributed by atoms with Gasteiger partial charge >= 0.3 is 0 Å². The fraction of sp³-hybridized carbons (Fsp3) is 0.174. The number of fused-ring (bicyclic) bond motifs is 1. The van der Waals surface area contributed by atoms with Gasteiger partial charge in [0.2, 0.25) is 0 Å². The van der Waals surface area contributed by atoms with Gasteiger partial charge in [0.05, 0.1) is 5.69 Å². The normalized spacial score (nSPS) is 16.0. The molecule has 0 aliphatic carbocycles. The van der Waals surface area contributed by atoms with E-state index in [0.717, 1.165) is 35.0 Å². The molecule has 2 amide bonds. The van der Waals surface area contributed by atoms with E-state index in [0.29, 0.717) is 5.69 Å². The predicted molar refractivity (Wildman–Crippen MR) is 120 cm³/mol. The molecule has 1 N–H and O–H groups in total. The van der Waals surface area contributed by atoms with Gasteiger partial charge in [-0.05, 0) is 55.4 Å². The highest BCUT2D eigenvalue weighted by molar-refractivity contribution is 7.80. The van der Waals surface area contributed by atoms with Crippen LogP contribution in [0.25, 0.3) is 17.0 Å². The third-order valence-electron chi connectivity index (χ3n) is 5.16. The Morgan fingerprint density at radius 1 is 1.03 bits per heavy atom. The second-order valence-electron chi connectivity index (χ2n) is 6.87. The first-order chi connectivity index (χ1) is 14.0.